The molecule has 0 radical (unpaired) electrons. The number of likely N-dealkylation sites (N-methyl/N-ethyl adjacent to an activating group) is 1. The topological polar surface area (TPSA) is 62.6 Å². The van der Waals surface area contributed by atoms with E-state index < -0.39 is 0 Å². The quantitative estimate of drug-likeness (QED) is 0.400. The van der Waals surface area contributed by atoms with Crippen LogP contribution in [0.5, 0.6) is 6.01 Å². The summed E-state index contributed by atoms with van der Waals surface area (Å²) >= 11 is 0. The van der Waals surface area contributed by atoms with Crippen LogP contribution >= 0.6 is 0 Å². The molecule has 0 unspecified atom stereocenters. The third-order valence-electron chi connectivity index (χ3n) is 8.59. The number of benzene rings is 2. The average Bonchev–Trinajstić information content (AvgIpc) is 3.59. The van der Waals surface area contributed by atoms with Crippen LogP contribution in [0.1, 0.15) is 35.4 Å². The monoisotopic (exact) mass is 509 g/mol. The van der Waals surface area contributed by atoms with Crippen molar-refractivity contribution in [1.29, 1.82) is 0 Å². The summed E-state index contributed by atoms with van der Waals surface area (Å²) in [5.74, 6) is 1.03. The van der Waals surface area contributed by atoms with Crippen molar-refractivity contribution in [2.75, 3.05) is 43.1 Å². The highest BCUT2D eigenvalue weighted by Gasteiger charge is 2.29. The van der Waals surface area contributed by atoms with Crippen molar-refractivity contribution < 1.29 is 4.74 Å². The summed E-state index contributed by atoms with van der Waals surface area (Å²) in [5.41, 5.74) is 6.16. The molecule has 1 fully saturated rings. The zero-order valence-electron chi connectivity index (χ0n) is 22.3. The predicted molar refractivity (Wildman–Crippen MR) is 150 cm³/mol. The second kappa shape index (κ2) is 9.58. The number of rotatable bonds is 5. The molecular formula is C30H35N7O. The Kier molecular flexibility index (Phi) is 5.92. The molecule has 7 rings (SSSR count). The minimum absolute atomic E-state index is 0.428. The van der Waals surface area contributed by atoms with Crippen LogP contribution in [0.15, 0.2) is 48.9 Å². The number of nitrogens with zero attached hydrogens (tertiary/aromatic N) is 7. The highest BCUT2D eigenvalue weighted by molar-refractivity contribution is 5.97. The third-order valence-corrected chi connectivity index (χ3v) is 8.59. The van der Waals surface area contributed by atoms with Gasteiger partial charge in [0.2, 0.25) is 0 Å². The Morgan fingerprint density at radius 3 is 2.74 bits per heavy atom. The molecule has 5 heterocycles. The number of ether oxygens (including phenoxy) is 1. The molecule has 38 heavy (non-hydrogen) atoms. The van der Waals surface area contributed by atoms with Gasteiger partial charge in [0.05, 0.1) is 30.8 Å². The Morgan fingerprint density at radius 1 is 0.974 bits per heavy atom. The molecule has 0 aliphatic carbocycles. The lowest BCUT2D eigenvalue weighted by Crippen LogP contribution is -2.38. The van der Waals surface area contributed by atoms with Gasteiger partial charge < -0.3 is 24.0 Å². The lowest BCUT2D eigenvalue weighted by molar-refractivity contribution is 0.187. The van der Waals surface area contributed by atoms with Gasteiger partial charge in [-0.1, -0.05) is 30.3 Å². The van der Waals surface area contributed by atoms with E-state index in [1.54, 1.807) is 0 Å². The largest absolute Gasteiger partial charge is 0.462 e. The Balaban J connectivity index is 1.24. The summed E-state index contributed by atoms with van der Waals surface area (Å²) in [7, 11) is 2.18. The predicted octanol–water partition coefficient (Wildman–Crippen LogP) is 4.19. The van der Waals surface area contributed by atoms with Crippen LogP contribution in [0.3, 0.4) is 0 Å². The standard InChI is InChI=1S/C30H35N7O/c1-21-6-3-7-22-8-4-10-27(28(21)22)35-13-11-25-26(18-35)32-30(38-19-23-9-5-12-34(23)2)33-29(25)36-14-15-37-20-31-16-24(37)17-36/h3-4,6-8,10,16,20,23H,5,9,11-15,17-19H2,1-2H3/t23-/m0/s1. The summed E-state index contributed by atoms with van der Waals surface area (Å²) < 4.78 is 8.55. The molecule has 0 amide bonds. The number of anilines is 2. The van der Waals surface area contributed by atoms with Gasteiger partial charge in [-0.25, -0.2) is 4.98 Å². The Hall–Kier alpha value is -3.65. The number of likely N-dealkylation sites (tertiary alicyclic amines) is 1. The second-order valence-corrected chi connectivity index (χ2v) is 11.0. The maximum absolute atomic E-state index is 6.32. The summed E-state index contributed by atoms with van der Waals surface area (Å²) in [4.78, 5) is 21.7. The molecule has 3 aliphatic heterocycles. The second-order valence-electron chi connectivity index (χ2n) is 11.0. The van der Waals surface area contributed by atoms with Crippen LogP contribution in [0, 0.1) is 6.92 Å². The number of aromatic nitrogens is 4. The number of fused-ring (bicyclic) bond motifs is 3. The van der Waals surface area contributed by atoms with Crippen LogP contribution in [0.4, 0.5) is 11.5 Å². The van der Waals surface area contributed by atoms with E-state index in [1.807, 2.05) is 12.5 Å². The van der Waals surface area contributed by atoms with Crippen molar-refractivity contribution in [2.24, 2.45) is 0 Å². The van der Waals surface area contributed by atoms with Crippen LogP contribution in [-0.2, 0) is 26.1 Å². The van der Waals surface area contributed by atoms with Gasteiger partial charge in [0.1, 0.15) is 12.4 Å². The Morgan fingerprint density at radius 2 is 1.87 bits per heavy atom. The van der Waals surface area contributed by atoms with Gasteiger partial charge in [0, 0.05) is 48.5 Å². The van der Waals surface area contributed by atoms with Gasteiger partial charge in [0.25, 0.3) is 0 Å². The van der Waals surface area contributed by atoms with Crippen LogP contribution in [0.25, 0.3) is 10.8 Å². The maximum atomic E-state index is 6.32. The summed E-state index contributed by atoms with van der Waals surface area (Å²) in [6.45, 7) is 8.29. The van der Waals surface area contributed by atoms with E-state index in [-0.39, 0.29) is 0 Å². The molecule has 1 saturated heterocycles. The van der Waals surface area contributed by atoms with Gasteiger partial charge in [-0.3, -0.25) is 0 Å². The van der Waals surface area contributed by atoms with Crippen molar-refractivity contribution in [3.63, 3.8) is 0 Å². The van der Waals surface area contributed by atoms with E-state index in [0.29, 0.717) is 18.7 Å². The molecule has 8 heteroatoms. The summed E-state index contributed by atoms with van der Waals surface area (Å²) in [5, 5.41) is 2.61. The highest BCUT2D eigenvalue weighted by Crippen LogP contribution is 2.36. The molecule has 1 atom stereocenters. The minimum Gasteiger partial charge on any atom is -0.462 e. The molecule has 0 saturated carbocycles. The highest BCUT2D eigenvalue weighted by atomic mass is 16.5. The van der Waals surface area contributed by atoms with Gasteiger partial charge in [0.15, 0.2) is 0 Å². The van der Waals surface area contributed by atoms with Crippen LogP contribution in [-0.4, -0.2) is 63.7 Å². The number of hydrogen-bond donors (Lipinski definition) is 0. The molecule has 0 N–H and O–H groups in total. The molecule has 0 spiro atoms. The van der Waals surface area contributed by atoms with Gasteiger partial charge >= 0.3 is 6.01 Å². The summed E-state index contributed by atoms with van der Waals surface area (Å²) in [6.07, 6.45) is 7.20. The van der Waals surface area contributed by atoms with Crippen molar-refractivity contribution in [3.8, 4) is 6.01 Å². The van der Waals surface area contributed by atoms with Crippen LogP contribution < -0.4 is 14.5 Å². The van der Waals surface area contributed by atoms with Crippen molar-refractivity contribution in [3.05, 3.63) is 71.4 Å². The fourth-order valence-corrected chi connectivity index (χ4v) is 6.41. The number of imidazole rings is 1. The molecule has 8 nitrogen and oxygen atoms in total. The molecule has 4 aromatic rings. The third kappa shape index (κ3) is 4.17. The average molecular weight is 510 g/mol. The maximum Gasteiger partial charge on any atom is 0.318 e. The fraction of sp³-hybridized carbons (Fsp3) is 0.433. The fourth-order valence-electron chi connectivity index (χ4n) is 6.41. The lowest BCUT2D eigenvalue weighted by atomic mass is 9.99. The zero-order chi connectivity index (χ0) is 25.6. The minimum atomic E-state index is 0.428. The molecular weight excluding hydrogens is 474 g/mol. The molecule has 3 aliphatic rings. The summed E-state index contributed by atoms with van der Waals surface area (Å²) in [6, 6.07) is 14.1. The van der Waals surface area contributed by atoms with Gasteiger partial charge in [-0.05, 0) is 56.8 Å². The first kappa shape index (κ1) is 23.5. The zero-order valence-corrected chi connectivity index (χ0v) is 22.3. The Bertz CT molecular complexity index is 1480. The van der Waals surface area contributed by atoms with Crippen molar-refractivity contribution in [1.82, 2.24) is 24.4 Å². The van der Waals surface area contributed by atoms with Gasteiger partial charge in [-0.2, -0.15) is 9.97 Å². The van der Waals surface area contributed by atoms with Gasteiger partial charge in [-0.15, -0.1) is 0 Å². The molecule has 0 bridgehead atoms. The first-order valence-electron chi connectivity index (χ1n) is 13.8. The van der Waals surface area contributed by atoms with Crippen LogP contribution in [0.2, 0.25) is 0 Å². The first-order valence-corrected chi connectivity index (χ1v) is 13.8. The molecule has 2 aromatic heterocycles. The van der Waals surface area contributed by atoms with E-state index in [1.165, 1.54) is 46.1 Å². The van der Waals surface area contributed by atoms with Crippen molar-refractivity contribution in [2.45, 2.75) is 51.9 Å². The lowest BCUT2D eigenvalue weighted by Gasteiger charge is -2.35. The van der Waals surface area contributed by atoms with E-state index in [4.69, 9.17) is 14.7 Å². The SMILES string of the molecule is Cc1cccc2cccc(N3CCc4c(nc(OC[C@@H]5CCCN5C)nc4N4CCn5cncc5C4)C3)c12. The Labute approximate surface area is 223 Å². The van der Waals surface area contributed by atoms with E-state index in [9.17, 15) is 0 Å². The first-order chi connectivity index (χ1) is 18.6. The van der Waals surface area contributed by atoms with Crippen molar-refractivity contribution >= 4 is 22.3 Å². The molecule has 196 valence electrons. The smallest absolute Gasteiger partial charge is 0.318 e. The molecule has 2 aromatic carbocycles. The number of hydrogen-bond acceptors (Lipinski definition) is 7. The van der Waals surface area contributed by atoms with E-state index >= 15 is 0 Å². The van der Waals surface area contributed by atoms with E-state index in [0.717, 1.165) is 57.2 Å². The number of aryl methyl sites for hydroxylation is 1. The van der Waals surface area contributed by atoms with E-state index in [2.05, 4.69) is 74.6 Å². The normalized spacial score (nSPS) is 19.6.